The second kappa shape index (κ2) is 9.29. The van der Waals surface area contributed by atoms with Gasteiger partial charge in [-0.2, -0.15) is 5.26 Å². The molecule has 6 heteroatoms. The number of rotatable bonds is 5. The summed E-state index contributed by atoms with van der Waals surface area (Å²) in [5.41, 5.74) is 2.90. The number of carbonyl (C=O) groups excluding carboxylic acids is 1. The molecule has 1 N–H and O–H groups in total. The number of piperazine rings is 1. The molecule has 6 nitrogen and oxygen atoms in total. The SMILES string of the molecule is CN[C@H]1C[C@@H](C(=O)N2CCN(c3ccccc3C#N)CC2)N(Cc2ccccc2)C1. The van der Waals surface area contributed by atoms with E-state index < -0.39 is 0 Å². The van der Waals surface area contributed by atoms with Gasteiger partial charge in [-0.25, -0.2) is 0 Å². The van der Waals surface area contributed by atoms with Crippen LogP contribution in [-0.4, -0.2) is 67.6 Å². The molecule has 0 radical (unpaired) electrons. The van der Waals surface area contributed by atoms with Crippen LogP contribution in [0.15, 0.2) is 54.6 Å². The molecule has 2 aromatic rings. The first kappa shape index (κ1) is 20.4. The second-order valence-corrected chi connectivity index (χ2v) is 8.09. The third-order valence-corrected chi connectivity index (χ3v) is 6.28. The van der Waals surface area contributed by atoms with Crippen LogP contribution in [0.2, 0.25) is 0 Å². The lowest BCUT2D eigenvalue weighted by molar-refractivity contribution is -0.136. The zero-order valence-electron chi connectivity index (χ0n) is 17.5. The van der Waals surface area contributed by atoms with E-state index in [1.54, 1.807) is 0 Å². The first-order valence-electron chi connectivity index (χ1n) is 10.7. The quantitative estimate of drug-likeness (QED) is 0.828. The molecule has 2 atom stereocenters. The summed E-state index contributed by atoms with van der Waals surface area (Å²) in [6.45, 7) is 4.58. The first-order valence-corrected chi connectivity index (χ1v) is 10.7. The summed E-state index contributed by atoms with van der Waals surface area (Å²) in [6.07, 6.45) is 0.847. The molecule has 1 amide bonds. The highest BCUT2D eigenvalue weighted by Gasteiger charge is 2.38. The molecule has 0 saturated carbocycles. The van der Waals surface area contributed by atoms with Crippen molar-refractivity contribution < 1.29 is 4.79 Å². The average molecular weight is 404 g/mol. The van der Waals surface area contributed by atoms with Gasteiger partial charge >= 0.3 is 0 Å². The lowest BCUT2D eigenvalue weighted by atomic mass is 10.1. The molecular weight excluding hydrogens is 374 g/mol. The van der Waals surface area contributed by atoms with E-state index in [2.05, 4.69) is 45.5 Å². The van der Waals surface area contributed by atoms with E-state index in [-0.39, 0.29) is 11.9 Å². The van der Waals surface area contributed by atoms with Gasteiger partial charge in [-0.05, 0) is 31.2 Å². The Morgan fingerprint density at radius 2 is 1.77 bits per heavy atom. The lowest BCUT2D eigenvalue weighted by Gasteiger charge is -2.38. The minimum Gasteiger partial charge on any atom is -0.367 e. The standard InChI is InChI=1S/C24H29N5O/c1-26-21-15-23(29(18-21)17-19-7-3-2-4-8-19)24(30)28-13-11-27(12-14-28)22-10-6-5-9-20(22)16-25/h2-10,21,23,26H,11-15,17-18H2,1H3/t21-,23-/m0/s1. The van der Waals surface area contributed by atoms with Gasteiger partial charge in [0.2, 0.25) is 5.91 Å². The molecule has 0 spiro atoms. The van der Waals surface area contributed by atoms with Crippen LogP contribution in [0.3, 0.4) is 0 Å². The van der Waals surface area contributed by atoms with Gasteiger partial charge in [-0.1, -0.05) is 42.5 Å². The molecule has 2 fully saturated rings. The predicted octanol–water partition coefficient (Wildman–Crippen LogP) is 2.07. The maximum absolute atomic E-state index is 13.4. The summed E-state index contributed by atoms with van der Waals surface area (Å²) >= 11 is 0. The number of hydrogen-bond donors (Lipinski definition) is 1. The molecule has 0 unspecified atom stereocenters. The van der Waals surface area contributed by atoms with Crippen LogP contribution < -0.4 is 10.2 Å². The Morgan fingerprint density at radius 1 is 1.07 bits per heavy atom. The van der Waals surface area contributed by atoms with Gasteiger partial charge in [0.25, 0.3) is 0 Å². The molecule has 30 heavy (non-hydrogen) atoms. The van der Waals surface area contributed by atoms with Crippen LogP contribution in [0.25, 0.3) is 0 Å². The molecule has 4 rings (SSSR count). The number of hydrogen-bond acceptors (Lipinski definition) is 5. The van der Waals surface area contributed by atoms with Crippen molar-refractivity contribution >= 4 is 11.6 Å². The number of anilines is 1. The van der Waals surface area contributed by atoms with Crippen LogP contribution in [0, 0.1) is 11.3 Å². The van der Waals surface area contributed by atoms with E-state index in [1.165, 1.54) is 5.56 Å². The minimum absolute atomic E-state index is 0.0828. The zero-order valence-corrected chi connectivity index (χ0v) is 17.5. The Kier molecular flexibility index (Phi) is 6.32. The number of nitrogens with zero attached hydrogens (tertiary/aromatic N) is 4. The van der Waals surface area contributed by atoms with Crippen LogP contribution in [0.4, 0.5) is 5.69 Å². The summed E-state index contributed by atoms with van der Waals surface area (Å²) in [4.78, 5) is 20.0. The summed E-state index contributed by atoms with van der Waals surface area (Å²) < 4.78 is 0. The van der Waals surface area contributed by atoms with Gasteiger partial charge in [0, 0.05) is 45.3 Å². The minimum atomic E-state index is -0.0828. The Bertz CT molecular complexity index is 901. The molecule has 2 aromatic carbocycles. The lowest BCUT2D eigenvalue weighted by Crippen LogP contribution is -2.53. The van der Waals surface area contributed by atoms with Crippen LogP contribution in [0.1, 0.15) is 17.5 Å². The number of carbonyl (C=O) groups is 1. The van der Waals surface area contributed by atoms with Gasteiger partial charge in [0.05, 0.1) is 17.3 Å². The molecule has 2 saturated heterocycles. The maximum Gasteiger partial charge on any atom is 0.240 e. The Labute approximate surface area is 178 Å². The van der Waals surface area contributed by atoms with Crippen LogP contribution >= 0.6 is 0 Å². The first-order chi connectivity index (χ1) is 14.7. The summed E-state index contributed by atoms with van der Waals surface area (Å²) in [5.74, 6) is 0.233. The predicted molar refractivity (Wildman–Crippen MR) is 118 cm³/mol. The molecular formula is C24H29N5O. The summed E-state index contributed by atoms with van der Waals surface area (Å²) in [7, 11) is 1.98. The highest BCUT2D eigenvalue weighted by atomic mass is 16.2. The second-order valence-electron chi connectivity index (χ2n) is 8.09. The van der Waals surface area contributed by atoms with Crippen molar-refractivity contribution in [3.63, 3.8) is 0 Å². The monoisotopic (exact) mass is 403 g/mol. The van der Waals surface area contributed by atoms with Gasteiger partial charge in [-0.3, -0.25) is 9.69 Å². The number of nitrogens with one attached hydrogen (secondary N) is 1. The van der Waals surface area contributed by atoms with Crippen molar-refractivity contribution in [3.05, 3.63) is 65.7 Å². The highest BCUT2D eigenvalue weighted by Crippen LogP contribution is 2.25. The molecule has 0 bridgehead atoms. The average Bonchev–Trinajstić information content (AvgIpc) is 3.22. The van der Waals surface area contributed by atoms with Gasteiger partial charge in [0.15, 0.2) is 0 Å². The molecule has 2 aliphatic heterocycles. The zero-order chi connectivity index (χ0) is 20.9. The van der Waals surface area contributed by atoms with Crippen molar-refractivity contribution in [3.8, 4) is 6.07 Å². The van der Waals surface area contributed by atoms with E-state index >= 15 is 0 Å². The number of likely N-dealkylation sites (tertiary alicyclic amines) is 1. The molecule has 0 aromatic heterocycles. The van der Waals surface area contributed by atoms with Crippen molar-refractivity contribution in [2.75, 3.05) is 44.7 Å². The summed E-state index contributed by atoms with van der Waals surface area (Å²) in [5, 5.41) is 12.7. The fraction of sp³-hybridized carbons (Fsp3) is 0.417. The van der Waals surface area contributed by atoms with E-state index in [4.69, 9.17) is 0 Å². The number of para-hydroxylation sites is 1. The highest BCUT2D eigenvalue weighted by molar-refractivity contribution is 5.82. The molecule has 156 valence electrons. The maximum atomic E-state index is 13.4. The van der Waals surface area contributed by atoms with Crippen molar-refractivity contribution in [1.82, 2.24) is 15.1 Å². The fourth-order valence-corrected chi connectivity index (χ4v) is 4.58. The molecule has 2 heterocycles. The van der Waals surface area contributed by atoms with Crippen LogP contribution in [0.5, 0.6) is 0 Å². The van der Waals surface area contributed by atoms with Gasteiger partial charge in [0.1, 0.15) is 6.07 Å². The van der Waals surface area contributed by atoms with E-state index in [1.807, 2.05) is 42.3 Å². The van der Waals surface area contributed by atoms with Gasteiger partial charge < -0.3 is 15.1 Å². The number of amides is 1. The largest absolute Gasteiger partial charge is 0.367 e. The smallest absolute Gasteiger partial charge is 0.240 e. The van der Waals surface area contributed by atoms with E-state index in [9.17, 15) is 10.1 Å². The van der Waals surface area contributed by atoms with Crippen molar-refractivity contribution in [2.24, 2.45) is 0 Å². The topological polar surface area (TPSA) is 62.6 Å². The normalized spacial score (nSPS) is 22.1. The number of benzene rings is 2. The Balaban J connectivity index is 1.41. The number of nitriles is 1. The third kappa shape index (κ3) is 4.33. The van der Waals surface area contributed by atoms with E-state index in [0.29, 0.717) is 24.7 Å². The Hall–Kier alpha value is -2.88. The fourth-order valence-electron chi connectivity index (χ4n) is 4.58. The molecule has 0 aliphatic carbocycles. The third-order valence-electron chi connectivity index (χ3n) is 6.28. The van der Waals surface area contributed by atoms with Crippen molar-refractivity contribution in [1.29, 1.82) is 5.26 Å². The van der Waals surface area contributed by atoms with Gasteiger partial charge in [-0.15, -0.1) is 0 Å². The van der Waals surface area contributed by atoms with Crippen molar-refractivity contribution in [2.45, 2.75) is 25.0 Å². The number of likely N-dealkylation sites (N-methyl/N-ethyl adjacent to an activating group) is 1. The Morgan fingerprint density at radius 3 is 2.47 bits per heavy atom. The summed E-state index contributed by atoms with van der Waals surface area (Å²) in [6, 6.07) is 20.6. The molecule has 2 aliphatic rings. The van der Waals surface area contributed by atoms with E-state index in [0.717, 1.165) is 38.3 Å². The van der Waals surface area contributed by atoms with Crippen LogP contribution in [-0.2, 0) is 11.3 Å².